The quantitative estimate of drug-likeness (QED) is 0.804. The van der Waals surface area contributed by atoms with Crippen LogP contribution >= 0.6 is 0 Å². The summed E-state index contributed by atoms with van der Waals surface area (Å²) in [5.41, 5.74) is -0.544. The summed E-state index contributed by atoms with van der Waals surface area (Å²) in [4.78, 5) is 15.5. The van der Waals surface area contributed by atoms with Crippen molar-refractivity contribution in [3.05, 3.63) is 18.3 Å². The summed E-state index contributed by atoms with van der Waals surface area (Å²) in [5.74, 6) is -0.682. The van der Waals surface area contributed by atoms with E-state index in [1.165, 1.54) is 12.1 Å². The average molecular weight is 328 g/mol. The van der Waals surface area contributed by atoms with E-state index in [-0.39, 0.29) is 28.7 Å². The summed E-state index contributed by atoms with van der Waals surface area (Å²) in [7, 11) is -3.75. The first-order valence-electron chi connectivity index (χ1n) is 6.97. The number of carbonyl (C=O) groups is 1. The van der Waals surface area contributed by atoms with Crippen molar-refractivity contribution >= 4 is 16.0 Å². The standard InChI is InChI=1S/C14H20N2O5S/c1-14(2,3)21-13(18)9-6-10(7-9)16-22(19,20)12-5-4-11(17)8-15-12/h4-5,8-10,16-17H,6-7H2,1-3H3. The molecule has 8 heteroatoms. The van der Waals surface area contributed by atoms with Crippen LogP contribution in [0, 0.1) is 5.92 Å². The Morgan fingerprint density at radius 1 is 1.36 bits per heavy atom. The number of nitrogens with one attached hydrogen (secondary N) is 1. The zero-order valence-electron chi connectivity index (χ0n) is 12.7. The highest BCUT2D eigenvalue weighted by atomic mass is 32.2. The molecule has 0 spiro atoms. The third kappa shape index (κ3) is 4.17. The Bertz CT molecular complexity index is 643. The first-order chi connectivity index (χ1) is 10.1. The summed E-state index contributed by atoms with van der Waals surface area (Å²) < 4.78 is 31.9. The molecule has 0 unspecified atom stereocenters. The lowest BCUT2D eigenvalue weighted by Crippen LogP contribution is -2.48. The Morgan fingerprint density at radius 2 is 2.00 bits per heavy atom. The molecule has 22 heavy (non-hydrogen) atoms. The Balaban J connectivity index is 1.89. The number of nitrogens with zero attached hydrogens (tertiary/aromatic N) is 1. The predicted molar refractivity (Wildman–Crippen MR) is 78.6 cm³/mol. The van der Waals surface area contributed by atoms with Crippen LogP contribution in [-0.2, 0) is 19.6 Å². The molecule has 0 saturated heterocycles. The van der Waals surface area contributed by atoms with Crippen LogP contribution in [0.3, 0.4) is 0 Å². The Morgan fingerprint density at radius 3 is 2.50 bits per heavy atom. The van der Waals surface area contributed by atoms with E-state index in [2.05, 4.69) is 9.71 Å². The van der Waals surface area contributed by atoms with Crippen molar-refractivity contribution in [1.82, 2.24) is 9.71 Å². The summed E-state index contributed by atoms with van der Waals surface area (Å²) in [6.07, 6.45) is 1.89. The molecule has 1 aromatic rings. The van der Waals surface area contributed by atoms with Gasteiger partial charge in [0.25, 0.3) is 10.0 Å². The van der Waals surface area contributed by atoms with E-state index in [9.17, 15) is 13.2 Å². The minimum atomic E-state index is -3.75. The highest BCUT2D eigenvalue weighted by Crippen LogP contribution is 2.31. The smallest absolute Gasteiger partial charge is 0.309 e. The van der Waals surface area contributed by atoms with E-state index in [1.807, 2.05) is 0 Å². The number of pyridine rings is 1. The molecule has 1 aromatic heterocycles. The van der Waals surface area contributed by atoms with Crippen LogP contribution in [0.15, 0.2) is 23.4 Å². The largest absolute Gasteiger partial charge is 0.506 e. The highest BCUT2D eigenvalue weighted by Gasteiger charge is 2.39. The second-order valence-corrected chi connectivity index (χ2v) is 8.04. The van der Waals surface area contributed by atoms with Crippen LogP contribution in [-0.4, -0.2) is 36.1 Å². The van der Waals surface area contributed by atoms with Crippen molar-refractivity contribution in [2.45, 2.75) is 50.3 Å². The van der Waals surface area contributed by atoms with E-state index in [0.29, 0.717) is 12.8 Å². The van der Waals surface area contributed by atoms with Gasteiger partial charge < -0.3 is 9.84 Å². The van der Waals surface area contributed by atoms with E-state index in [1.54, 1.807) is 20.8 Å². The Hall–Kier alpha value is -1.67. The van der Waals surface area contributed by atoms with Crippen molar-refractivity contribution in [2.75, 3.05) is 0 Å². The zero-order valence-corrected chi connectivity index (χ0v) is 13.6. The van der Waals surface area contributed by atoms with Crippen molar-refractivity contribution in [3.8, 4) is 5.75 Å². The van der Waals surface area contributed by atoms with Gasteiger partial charge in [-0.15, -0.1) is 0 Å². The fourth-order valence-corrected chi connectivity index (χ4v) is 3.29. The van der Waals surface area contributed by atoms with Gasteiger partial charge in [-0.25, -0.2) is 18.1 Å². The molecule has 1 aliphatic carbocycles. The zero-order chi connectivity index (χ0) is 16.5. The number of esters is 1. The molecule has 7 nitrogen and oxygen atoms in total. The topological polar surface area (TPSA) is 106 Å². The van der Waals surface area contributed by atoms with E-state index in [4.69, 9.17) is 9.84 Å². The minimum absolute atomic E-state index is 0.104. The van der Waals surface area contributed by atoms with Gasteiger partial charge in [-0.1, -0.05) is 0 Å². The average Bonchev–Trinajstić information content (AvgIpc) is 2.31. The van der Waals surface area contributed by atoms with E-state index < -0.39 is 15.6 Å². The number of aromatic hydroxyl groups is 1. The maximum atomic E-state index is 12.1. The van der Waals surface area contributed by atoms with Crippen molar-refractivity contribution in [1.29, 1.82) is 0 Å². The molecule has 2 rings (SSSR count). The molecule has 0 atom stereocenters. The number of ether oxygens (including phenoxy) is 1. The molecular weight excluding hydrogens is 308 g/mol. The Kier molecular flexibility index (Phi) is 4.44. The minimum Gasteiger partial charge on any atom is -0.506 e. The van der Waals surface area contributed by atoms with Crippen LogP contribution in [0.1, 0.15) is 33.6 Å². The molecule has 1 saturated carbocycles. The van der Waals surface area contributed by atoms with Gasteiger partial charge in [0.2, 0.25) is 0 Å². The van der Waals surface area contributed by atoms with Gasteiger partial charge >= 0.3 is 5.97 Å². The number of hydrogen-bond acceptors (Lipinski definition) is 6. The highest BCUT2D eigenvalue weighted by molar-refractivity contribution is 7.89. The van der Waals surface area contributed by atoms with Crippen LogP contribution < -0.4 is 4.72 Å². The van der Waals surface area contributed by atoms with Crippen molar-refractivity contribution in [2.24, 2.45) is 5.92 Å². The molecular formula is C14H20N2O5S. The molecule has 1 fully saturated rings. The van der Waals surface area contributed by atoms with E-state index >= 15 is 0 Å². The maximum Gasteiger partial charge on any atom is 0.309 e. The molecule has 0 aliphatic heterocycles. The summed E-state index contributed by atoms with van der Waals surface area (Å²) >= 11 is 0. The molecule has 0 bridgehead atoms. The van der Waals surface area contributed by atoms with Crippen LogP contribution in [0.2, 0.25) is 0 Å². The van der Waals surface area contributed by atoms with Gasteiger partial charge in [-0.2, -0.15) is 0 Å². The molecule has 0 radical (unpaired) electrons. The van der Waals surface area contributed by atoms with Gasteiger partial charge in [0.05, 0.1) is 12.1 Å². The monoisotopic (exact) mass is 328 g/mol. The van der Waals surface area contributed by atoms with E-state index in [0.717, 1.165) is 6.20 Å². The van der Waals surface area contributed by atoms with Crippen LogP contribution in [0.5, 0.6) is 5.75 Å². The first-order valence-corrected chi connectivity index (χ1v) is 8.45. The van der Waals surface area contributed by atoms with Gasteiger partial charge in [-0.05, 0) is 45.7 Å². The van der Waals surface area contributed by atoms with Crippen molar-refractivity contribution in [3.63, 3.8) is 0 Å². The fraction of sp³-hybridized carbons (Fsp3) is 0.571. The molecule has 2 N–H and O–H groups in total. The first kappa shape index (κ1) is 16.7. The maximum absolute atomic E-state index is 12.1. The summed E-state index contributed by atoms with van der Waals surface area (Å²) in [6.45, 7) is 5.38. The van der Waals surface area contributed by atoms with Gasteiger partial charge in [0, 0.05) is 6.04 Å². The SMILES string of the molecule is CC(C)(C)OC(=O)C1CC(NS(=O)(=O)c2ccc(O)cn2)C1. The molecule has 0 amide bonds. The lowest BCUT2D eigenvalue weighted by atomic mass is 9.81. The van der Waals surface area contributed by atoms with Crippen LogP contribution in [0.25, 0.3) is 0 Å². The normalized spacial score (nSPS) is 22.0. The molecule has 1 aliphatic rings. The number of rotatable bonds is 4. The predicted octanol–water partition coefficient (Wildman–Crippen LogP) is 1.19. The fourth-order valence-electron chi connectivity index (χ4n) is 2.10. The summed E-state index contributed by atoms with van der Waals surface area (Å²) in [5, 5.41) is 8.96. The second-order valence-electron chi connectivity index (χ2n) is 6.37. The number of carbonyl (C=O) groups excluding carboxylic acids is 1. The number of hydrogen-bond donors (Lipinski definition) is 2. The van der Waals surface area contributed by atoms with Gasteiger partial charge in [0.1, 0.15) is 11.4 Å². The summed E-state index contributed by atoms with van der Waals surface area (Å²) in [6, 6.07) is 2.17. The van der Waals surface area contributed by atoms with Gasteiger partial charge in [0.15, 0.2) is 5.03 Å². The van der Waals surface area contributed by atoms with Crippen LogP contribution in [0.4, 0.5) is 0 Å². The number of aromatic nitrogens is 1. The number of sulfonamides is 1. The third-order valence-corrected chi connectivity index (χ3v) is 4.63. The molecule has 122 valence electrons. The lowest BCUT2D eigenvalue weighted by molar-refractivity contribution is -0.163. The third-order valence-electron chi connectivity index (χ3n) is 3.20. The van der Waals surface area contributed by atoms with Crippen molar-refractivity contribution < 1.29 is 23.1 Å². The molecule has 0 aromatic carbocycles. The lowest BCUT2D eigenvalue weighted by Gasteiger charge is -2.35. The Labute approximate surface area is 129 Å². The molecule has 1 heterocycles. The second kappa shape index (κ2) is 5.85. The van der Waals surface area contributed by atoms with Gasteiger partial charge in [-0.3, -0.25) is 4.79 Å².